The molecule has 0 aliphatic rings. The first-order chi connectivity index (χ1) is 4.09. The molecule has 0 aromatic heterocycles. The van der Waals surface area contributed by atoms with Crippen LogP contribution >= 0.6 is 0 Å². The van der Waals surface area contributed by atoms with Crippen LogP contribution in [0.3, 0.4) is 0 Å². The van der Waals surface area contributed by atoms with E-state index in [1.807, 2.05) is 0 Å². The Morgan fingerprint density at radius 3 is 2.11 bits per heavy atom. The highest BCUT2D eigenvalue weighted by Crippen LogP contribution is 1.94. The van der Waals surface area contributed by atoms with Crippen LogP contribution in [0, 0.1) is 5.92 Å². The molecule has 0 fully saturated rings. The van der Waals surface area contributed by atoms with Gasteiger partial charge in [0.25, 0.3) is 5.91 Å². The molecule has 0 saturated carbocycles. The van der Waals surface area contributed by atoms with Crippen LogP contribution in [0.4, 0.5) is 0 Å². The van der Waals surface area contributed by atoms with E-state index in [1.165, 1.54) is 0 Å². The largest absolute Gasteiger partial charge is 0.410 e. The summed E-state index contributed by atoms with van der Waals surface area (Å²) in [6, 6.07) is 0. The van der Waals surface area contributed by atoms with E-state index in [2.05, 4.69) is 5.16 Å². The van der Waals surface area contributed by atoms with Crippen molar-refractivity contribution in [2.24, 2.45) is 16.8 Å². The number of amides is 1. The van der Waals surface area contributed by atoms with Crippen molar-refractivity contribution in [2.45, 2.75) is 13.8 Å². The van der Waals surface area contributed by atoms with Gasteiger partial charge >= 0.3 is 0 Å². The van der Waals surface area contributed by atoms with Gasteiger partial charge in [-0.05, 0) is 0 Å². The Hall–Kier alpha value is -1.06. The van der Waals surface area contributed by atoms with Gasteiger partial charge in [0, 0.05) is 5.92 Å². The fraction of sp³-hybridized carbons (Fsp3) is 0.600. The Balaban J connectivity index is 4.19. The fourth-order valence-corrected chi connectivity index (χ4v) is 0.449. The molecule has 0 radical (unpaired) electrons. The van der Waals surface area contributed by atoms with Crippen molar-refractivity contribution < 1.29 is 10.0 Å². The Morgan fingerprint density at radius 2 is 2.11 bits per heavy atom. The van der Waals surface area contributed by atoms with E-state index >= 15 is 0 Å². The lowest BCUT2D eigenvalue weighted by atomic mass is 10.1. The third-order valence-corrected chi connectivity index (χ3v) is 0.907. The highest BCUT2D eigenvalue weighted by Gasteiger charge is 2.10. The number of rotatable bonds is 2. The second-order valence-electron chi connectivity index (χ2n) is 2.00. The average molecular weight is 130 g/mol. The minimum Gasteiger partial charge on any atom is -0.410 e. The van der Waals surface area contributed by atoms with E-state index in [4.69, 9.17) is 10.9 Å². The van der Waals surface area contributed by atoms with Crippen LogP contribution in [0.15, 0.2) is 5.16 Å². The molecule has 4 nitrogen and oxygen atoms in total. The van der Waals surface area contributed by atoms with Crippen LogP contribution in [0.25, 0.3) is 0 Å². The second-order valence-corrected chi connectivity index (χ2v) is 2.00. The van der Waals surface area contributed by atoms with Crippen LogP contribution in [0.1, 0.15) is 13.8 Å². The summed E-state index contributed by atoms with van der Waals surface area (Å²) in [7, 11) is 0. The lowest BCUT2D eigenvalue weighted by Gasteiger charge is -2.00. The van der Waals surface area contributed by atoms with Crippen LogP contribution in [0.2, 0.25) is 0 Å². The quantitative estimate of drug-likeness (QED) is 0.312. The molecule has 0 saturated heterocycles. The summed E-state index contributed by atoms with van der Waals surface area (Å²) in [5.74, 6) is -0.792. The third kappa shape index (κ3) is 2.12. The van der Waals surface area contributed by atoms with Crippen LogP contribution in [-0.2, 0) is 4.79 Å². The normalized spacial score (nSPS) is 12.1. The summed E-state index contributed by atoms with van der Waals surface area (Å²) in [5.41, 5.74) is 4.83. The van der Waals surface area contributed by atoms with E-state index in [9.17, 15) is 4.79 Å². The van der Waals surface area contributed by atoms with Crippen molar-refractivity contribution >= 4 is 11.6 Å². The number of carbonyl (C=O) groups excluding carboxylic acids is 1. The molecule has 9 heavy (non-hydrogen) atoms. The van der Waals surface area contributed by atoms with Gasteiger partial charge in [0.2, 0.25) is 0 Å². The molecule has 4 heteroatoms. The molecule has 0 bridgehead atoms. The van der Waals surface area contributed by atoms with Crippen molar-refractivity contribution in [3.63, 3.8) is 0 Å². The van der Waals surface area contributed by atoms with Crippen LogP contribution in [-0.4, -0.2) is 16.8 Å². The number of primary amides is 1. The highest BCUT2D eigenvalue weighted by molar-refractivity contribution is 6.38. The van der Waals surface area contributed by atoms with Crippen LogP contribution in [0.5, 0.6) is 0 Å². The number of oxime groups is 1. The minimum absolute atomic E-state index is 0.00926. The lowest BCUT2D eigenvalue weighted by Crippen LogP contribution is -2.27. The molecule has 0 spiro atoms. The van der Waals surface area contributed by atoms with Gasteiger partial charge in [0.15, 0.2) is 0 Å². The first kappa shape index (κ1) is 7.94. The van der Waals surface area contributed by atoms with E-state index in [0.717, 1.165) is 0 Å². The molecule has 0 aromatic rings. The average Bonchev–Trinajstić information content (AvgIpc) is 1.64. The molecule has 0 rings (SSSR count). The first-order valence-electron chi connectivity index (χ1n) is 2.61. The summed E-state index contributed by atoms with van der Waals surface area (Å²) in [6.45, 7) is 3.44. The molecule has 1 amide bonds. The monoisotopic (exact) mass is 130 g/mol. The zero-order valence-corrected chi connectivity index (χ0v) is 5.46. The fourth-order valence-electron chi connectivity index (χ4n) is 0.449. The predicted octanol–water partition coefficient (Wildman–Crippen LogP) is -0.0421. The van der Waals surface area contributed by atoms with Crippen molar-refractivity contribution in [1.29, 1.82) is 0 Å². The first-order valence-corrected chi connectivity index (χ1v) is 2.61. The zero-order chi connectivity index (χ0) is 7.44. The molecule has 0 aliphatic heterocycles. The van der Waals surface area contributed by atoms with Gasteiger partial charge in [-0.25, -0.2) is 0 Å². The lowest BCUT2D eigenvalue weighted by molar-refractivity contribution is -0.112. The molecule has 0 atom stereocenters. The summed E-state index contributed by atoms with van der Waals surface area (Å²) in [6.07, 6.45) is 0. The van der Waals surface area contributed by atoms with Crippen LogP contribution < -0.4 is 5.73 Å². The van der Waals surface area contributed by atoms with Crippen molar-refractivity contribution in [2.75, 3.05) is 0 Å². The molecule has 0 unspecified atom stereocenters. The molecule has 52 valence electrons. The zero-order valence-electron chi connectivity index (χ0n) is 5.46. The maximum Gasteiger partial charge on any atom is 0.266 e. The highest BCUT2D eigenvalue weighted by atomic mass is 16.4. The Kier molecular flexibility index (Phi) is 2.70. The summed E-state index contributed by atoms with van der Waals surface area (Å²) >= 11 is 0. The van der Waals surface area contributed by atoms with Gasteiger partial charge in [0.1, 0.15) is 5.71 Å². The van der Waals surface area contributed by atoms with Gasteiger partial charge in [-0.3, -0.25) is 4.79 Å². The van der Waals surface area contributed by atoms with Crippen molar-refractivity contribution in [3.8, 4) is 0 Å². The second kappa shape index (κ2) is 3.06. The molecule has 3 N–H and O–H groups in total. The number of hydrogen-bond acceptors (Lipinski definition) is 3. The maximum atomic E-state index is 10.3. The summed E-state index contributed by atoms with van der Waals surface area (Å²) in [4.78, 5) is 10.3. The molecule has 0 aliphatic carbocycles. The minimum atomic E-state index is -0.674. The number of carbonyl (C=O) groups is 1. The van der Waals surface area contributed by atoms with E-state index in [0.29, 0.717) is 0 Å². The molecular formula is C5H10N2O2. The SMILES string of the molecule is CC(C)/C(=N\O)C(N)=O. The summed E-state index contributed by atoms with van der Waals surface area (Å²) < 4.78 is 0. The molecule has 0 heterocycles. The van der Waals surface area contributed by atoms with E-state index in [1.54, 1.807) is 13.8 Å². The predicted molar refractivity (Wildman–Crippen MR) is 33.3 cm³/mol. The standard InChI is InChI=1S/C5H10N2O2/c1-3(2)4(7-9)5(6)8/h3,9H,1-2H3,(H2,6,8)/b7-4+. The number of nitrogens with zero attached hydrogens (tertiary/aromatic N) is 1. The number of hydrogen-bond donors (Lipinski definition) is 2. The van der Waals surface area contributed by atoms with Gasteiger partial charge in [-0.1, -0.05) is 19.0 Å². The van der Waals surface area contributed by atoms with E-state index < -0.39 is 5.91 Å². The van der Waals surface area contributed by atoms with Crippen molar-refractivity contribution in [3.05, 3.63) is 0 Å². The van der Waals surface area contributed by atoms with Crippen molar-refractivity contribution in [1.82, 2.24) is 0 Å². The van der Waals surface area contributed by atoms with Gasteiger partial charge < -0.3 is 10.9 Å². The summed E-state index contributed by atoms with van der Waals surface area (Å²) in [5, 5.41) is 10.9. The maximum absolute atomic E-state index is 10.3. The Morgan fingerprint density at radius 1 is 1.67 bits per heavy atom. The Labute approximate surface area is 53.3 Å². The Bertz CT molecular complexity index is 140. The van der Waals surface area contributed by atoms with Gasteiger partial charge in [-0.2, -0.15) is 0 Å². The van der Waals surface area contributed by atoms with E-state index in [-0.39, 0.29) is 11.6 Å². The van der Waals surface area contributed by atoms with Gasteiger partial charge in [-0.15, -0.1) is 0 Å². The number of nitrogens with two attached hydrogens (primary N) is 1. The smallest absolute Gasteiger partial charge is 0.266 e. The topological polar surface area (TPSA) is 75.7 Å². The van der Waals surface area contributed by atoms with Gasteiger partial charge in [0.05, 0.1) is 0 Å². The molecule has 0 aromatic carbocycles. The molecular weight excluding hydrogens is 120 g/mol. The third-order valence-electron chi connectivity index (χ3n) is 0.907.